The number of fused-ring (bicyclic) bond motifs is 4. The molecular weight excluding hydrogens is 526 g/mol. The zero-order chi connectivity index (χ0) is 28.7. The number of H-pyrrole nitrogens is 1. The fourth-order valence-electron chi connectivity index (χ4n) is 6.10. The Hall–Kier alpha value is -3.86. The summed E-state index contributed by atoms with van der Waals surface area (Å²) in [5.41, 5.74) is 3.53. The minimum atomic E-state index is -1.13. The Balaban J connectivity index is 1.37. The standard InChI is InChI=1S/C31H35N3O7/c1-40-25-13-17(16-36)12-21-26-22(30(38)32-9-11-35)15-24(27(37)29(26)41-28(21)25)34(31(39)18-6-7-18)10-8-20-14-19-4-2-3-5-23(19)33-20/h2-5,12-15,18,24,26-27,29,33,35-37H,6-11,16H2,1H3,(H,32,38)/t24-,26+,27+,29+/m1/s1. The number of nitrogens with one attached hydrogen (secondary N) is 2. The number of aromatic nitrogens is 1. The molecule has 41 heavy (non-hydrogen) atoms. The molecule has 10 heteroatoms. The van der Waals surface area contributed by atoms with E-state index in [1.54, 1.807) is 23.1 Å². The average molecular weight is 562 g/mol. The van der Waals surface area contributed by atoms with Crippen molar-refractivity contribution in [1.29, 1.82) is 0 Å². The Morgan fingerprint density at radius 2 is 1.98 bits per heavy atom. The predicted octanol–water partition coefficient (Wildman–Crippen LogP) is 1.77. The lowest BCUT2D eigenvalue weighted by atomic mass is 9.77. The molecule has 6 rings (SSSR count). The molecule has 1 fully saturated rings. The lowest BCUT2D eigenvalue weighted by Gasteiger charge is -2.41. The van der Waals surface area contributed by atoms with Gasteiger partial charge in [-0.3, -0.25) is 9.59 Å². The van der Waals surface area contributed by atoms with E-state index in [1.165, 1.54) is 7.11 Å². The van der Waals surface area contributed by atoms with Gasteiger partial charge in [-0.1, -0.05) is 18.2 Å². The van der Waals surface area contributed by atoms with Crippen LogP contribution in [0.3, 0.4) is 0 Å². The third-order valence-corrected chi connectivity index (χ3v) is 8.27. The van der Waals surface area contributed by atoms with Crippen molar-refractivity contribution in [3.8, 4) is 11.5 Å². The molecule has 4 atom stereocenters. The highest BCUT2D eigenvalue weighted by molar-refractivity contribution is 5.96. The van der Waals surface area contributed by atoms with Gasteiger partial charge in [-0.15, -0.1) is 0 Å². The van der Waals surface area contributed by atoms with Crippen molar-refractivity contribution in [2.75, 3.05) is 26.8 Å². The van der Waals surface area contributed by atoms with Crippen LogP contribution < -0.4 is 14.8 Å². The molecular formula is C31H35N3O7. The number of nitrogens with zero attached hydrogens (tertiary/aromatic N) is 1. The van der Waals surface area contributed by atoms with Gasteiger partial charge in [0.15, 0.2) is 11.5 Å². The van der Waals surface area contributed by atoms with E-state index in [0.717, 1.165) is 29.4 Å². The second-order valence-electron chi connectivity index (χ2n) is 11.0. The van der Waals surface area contributed by atoms with E-state index in [-0.39, 0.29) is 31.6 Å². The van der Waals surface area contributed by atoms with E-state index in [1.807, 2.05) is 24.3 Å². The number of methoxy groups -OCH3 is 1. The SMILES string of the molecule is COc1cc(CO)cc2c1O[C@@H]1[C@@H](O)[C@H](N(CCc3cc4ccccc4[nH]3)C(=O)C3CC3)C=C(C(=O)NCCO)[C@H]21. The fourth-order valence-corrected chi connectivity index (χ4v) is 6.10. The van der Waals surface area contributed by atoms with Crippen molar-refractivity contribution in [2.24, 2.45) is 5.92 Å². The maximum absolute atomic E-state index is 13.6. The number of para-hydroxylation sites is 1. The first kappa shape index (κ1) is 27.3. The summed E-state index contributed by atoms with van der Waals surface area (Å²) in [6, 6.07) is 12.7. The normalized spacial score (nSPS) is 22.9. The monoisotopic (exact) mass is 561 g/mol. The van der Waals surface area contributed by atoms with Crippen molar-refractivity contribution < 1.29 is 34.4 Å². The number of hydrogen-bond acceptors (Lipinski definition) is 7. The van der Waals surface area contributed by atoms with Crippen LogP contribution >= 0.6 is 0 Å². The van der Waals surface area contributed by atoms with Crippen LogP contribution in [0.15, 0.2) is 54.1 Å². The molecule has 2 aliphatic carbocycles. The fraction of sp³-hybridized carbons (Fsp3) is 0.419. The molecule has 1 aliphatic heterocycles. The highest BCUT2D eigenvalue weighted by Gasteiger charge is 2.52. The van der Waals surface area contributed by atoms with Crippen LogP contribution in [0.5, 0.6) is 11.5 Å². The first-order valence-electron chi connectivity index (χ1n) is 14.1. The molecule has 0 saturated heterocycles. The quantitative estimate of drug-likeness (QED) is 0.254. The van der Waals surface area contributed by atoms with Gasteiger partial charge in [0.2, 0.25) is 11.8 Å². The lowest BCUT2D eigenvalue weighted by molar-refractivity contribution is -0.138. The summed E-state index contributed by atoms with van der Waals surface area (Å²) < 4.78 is 11.8. The van der Waals surface area contributed by atoms with Crippen molar-refractivity contribution in [3.63, 3.8) is 0 Å². The molecule has 0 radical (unpaired) electrons. The summed E-state index contributed by atoms with van der Waals surface area (Å²) in [4.78, 5) is 32.2. The smallest absolute Gasteiger partial charge is 0.247 e. The summed E-state index contributed by atoms with van der Waals surface area (Å²) in [5, 5.41) is 34.8. The number of amides is 2. The maximum Gasteiger partial charge on any atom is 0.247 e. The van der Waals surface area contributed by atoms with Crippen LogP contribution in [-0.4, -0.2) is 82.1 Å². The molecule has 0 unspecified atom stereocenters. The van der Waals surface area contributed by atoms with Crippen molar-refractivity contribution in [3.05, 3.63) is 70.9 Å². The molecule has 1 saturated carbocycles. The molecule has 1 aromatic heterocycles. The number of aliphatic hydroxyl groups excluding tert-OH is 3. The predicted molar refractivity (Wildman–Crippen MR) is 150 cm³/mol. The first-order valence-corrected chi connectivity index (χ1v) is 14.1. The van der Waals surface area contributed by atoms with Crippen LogP contribution in [0.1, 0.15) is 35.6 Å². The van der Waals surface area contributed by atoms with Gasteiger partial charge < -0.3 is 40.0 Å². The summed E-state index contributed by atoms with van der Waals surface area (Å²) in [6.45, 7) is -0.0707. The Bertz CT molecular complexity index is 1460. The third kappa shape index (κ3) is 5.07. The van der Waals surface area contributed by atoms with Crippen LogP contribution in [0.25, 0.3) is 10.9 Å². The number of carbonyl (C=O) groups is 2. The summed E-state index contributed by atoms with van der Waals surface area (Å²) >= 11 is 0. The van der Waals surface area contributed by atoms with E-state index in [2.05, 4.69) is 16.4 Å². The topological polar surface area (TPSA) is 144 Å². The van der Waals surface area contributed by atoms with E-state index in [4.69, 9.17) is 9.47 Å². The van der Waals surface area contributed by atoms with Crippen LogP contribution in [0, 0.1) is 5.92 Å². The van der Waals surface area contributed by atoms with Crippen LogP contribution in [-0.2, 0) is 22.6 Å². The highest BCUT2D eigenvalue weighted by atomic mass is 16.5. The highest BCUT2D eigenvalue weighted by Crippen LogP contribution is 2.51. The number of rotatable bonds is 10. The number of hydrogen-bond donors (Lipinski definition) is 5. The largest absolute Gasteiger partial charge is 0.493 e. The molecule has 2 aromatic carbocycles. The molecule has 216 valence electrons. The van der Waals surface area contributed by atoms with Crippen molar-refractivity contribution in [2.45, 2.75) is 50.0 Å². The van der Waals surface area contributed by atoms with E-state index in [0.29, 0.717) is 41.2 Å². The van der Waals surface area contributed by atoms with E-state index >= 15 is 0 Å². The summed E-state index contributed by atoms with van der Waals surface area (Å²) in [6.07, 6.45) is 1.83. The van der Waals surface area contributed by atoms with Crippen molar-refractivity contribution >= 4 is 22.7 Å². The zero-order valence-corrected chi connectivity index (χ0v) is 22.9. The maximum atomic E-state index is 13.6. The van der Waals surface area contributed by atoms with Gasteiger partial charge in [0.1, 0.15) is 12.2 Å². The molecule has 10 nitrogen and oxygen atoms in total. The van der Waals surface area contributed by atoms with Gasteiger partial charge in [-0.05, 0) is 54.1 Å². The summed E-state index contributed by atoms with van der Waals surface area (Å²) in [5.74, 6) is -0.419. The molecule has 0 bridgehead atoms. The van der Waals surface area contributed by atoms with Crippen LogP contribution in [0.2, 0.25) is 0 Å². The summed E-state index contributed by atoms with van der Waals surface area (Å²) in [7, 11) is 1.49. The van der Waals surface area contributed by atoms with Gasteiger partial charge in [0.25, 0.3) is 0 Å². The van der Waals surface area contributed by atoms with E-state index < -0.39 is 30.1 Å². The number of ether oxygens (including phenoxy) is 2. The second-order valence-corrected chi connectivity index (χ2v) is 11.0. The third-order valence-electron chi connectivity index (χ3n) is 8.27. The number of aliphatic hydroxyl groups is 3. The molecule has 2 amide bonds. The van der Waals surface area contributed by atoms with Crippen LogP contribution in [0.4, 0.5) is 0 Å². The number of benzene rings is 2. The second kappa shape index (κ2) is 11.2. The molecule has 0 spiro atoms. The minimum absolute atomic E-state index is 0.0503. The molecule has 2 heterocycles. The van der Waals surface area contributed by atoms with Gasteiger partial charge in [-0.2, -0.15) is 0 Å². The number of carbonyl (C=O) groups excluding carboxylic acids is 2. The van der Waals surface area contributed by atoms with Crippen molar-refractivity contribution in [1.82, 2.24) is 15.2 Å². The van der Waals surface area contributed by atoms with Gasteiger partial charge in [-0.25, -0.2) is 0 Å². The Kier molecular flexibility index (Phi) is 7.46. The van der Waals surface area contributed by atoms with Gasteiger partial charge >= 0.3 is 0 Å². The Morgan fingerprint density at radius 1 is 1.17 bits per heavy atom. The van der Waals surface area contributed by atoms with Gasteiger partial charge in [0.05, 0.1) is 32.3 Å². The lowest BCUT2D eigenvalue weighted by Crippen LogP contribution is -2.56. The average Bonchev–Trinajstić information content (AvgIpc) is 3.65. The Morgan fingerprint density at radius 3 is 2.68 bits per heavy atom. The molecule has 3 aromatic rings. The number of aromatic amines is 1. The molecule has 3 aliphatic rings. The molecule has 5 N–H and O–H groups in total. The Labute approximate surface area is 237 Å². The van der Waals surface area contributed by atoms with Gasteiger partial charge in [0, 0.05) is 47.8 Å². The minimum Gasteiger partial charge on any atom is -0.493 e. The zero-order valence-electron chi connectivity index (χ0n) is 22.9. The first-order chi connectivity index (χ1) is 19.9. The van der Waals surface area contributed by atoms with E-state index in [9.17, 15) is 24.9 Å².